The van der Waals surface area contributed by atoms with Gasteiger partial charge in [0.2, 0.25) is 0 Å². The molecule has 2 heterocycles. The first-order chi connectivity index (χ1) is 9.47. The number of fused-ring (bicyclic) bond motifs is 1. The second-order valence-corrected chi connectivity index (χ2v) is 4.26. The molecule has 20 heavy (non-hydrogen) atoms. The van der Waals surface area contributed by atoms with Crippen LogP contribution in [0.4, 0.5) is 0 Å². The summed E-state index contributed by atoms with van der Waals surface area (Å²) >= 11 is 0. The normalized spacial score (nSPS) is 10.8. The first-order valence-electron chi connectivity index (χ1n) is 6.03. The first kappa shape index (κ1) is 13.9. The molecule has 0 aliphatic heterocycles. The van der Waals surface area contributed by atoms with Crippen LogP contribution in [0.2, 0.25) is 0 Å². The Labute approximate surface area is 113 Å². The van der Waals surface area contributed by atoms with Crippen LogP contribution in [-0.2, 0) is 30.0 Å². The quantitative estimate of drug-likeness (QED) is 0.677. The molecule has 2 aromatic rings. The van der Waals surface area contributed by atoms with Gasteiger partial charge < -0.3 is 4.74 Å². The van der Waals surface area contributed by atoms with Crippen LogP contribution in [0.25, 0.3) is 11.0 Å². The van der Waals surface area contributed by atoms with E-state index in [1.54, 1.807) is 6.92 Å². The van der Waals surface area contributed by atoms with E-state index in [1.165, 1.54) is 24.9 Å². The molecule has 0 aromatic carbocycles. The highest BCUT2D eigenvalue weighted by molar-refractivity contribution is 5.83. The fourth-order valence-corrected chi connectivity index (χ4v) is 1.95. The molecular formula is C12H14N4O4. The van der Waals surface area contributed by atoms with Crippen molar-refractivity contribution in [2.45, 2.75) is 13.3 Å². The fraction of sp³-hybridized carbons (Fsp3) is 0.417. The lowest BCUT2D eigenvalue weighted by molar-refractivity contribution is -0.142. The number of carbonyl (C=O) groups excluding carboxylic acids is 1. The Morgan fingerprint density at radius 2 is 2.00 bits per heavy atom. The summed E-state index contributed by atoms with van der Waals surface area (Å²) < 4.78 is 7.05. The maximum atomic E-state index is 12.2. The van der Waals surface area contributed by atoms with Crippen LogP contribution < -0.4 is 11.2 Å². The Morgan fingerprint density at radius 3 is 2.65 bits per heavy atom. The molecule has 0 N–H and O–H groups in total. The second kappa shape index (κ2) is 5.24. The number of hydrogen-bond donors (Lipinski definition) is 0. The second-order valence-electron chi connectivity index (χ2n) is 4.26. The molecule has 106 valence electrons. The molecule has 0 bridgehead atoms. The summed E-state index contributed by atoms with van der Waals surface area (Å²) in [7, 11) is 2.87. The molecule has 0 saturated heterocycles. The molecule has 8 nitrogen and oxygen atoms in total. The Hall–Kier alpha value is -2.51. The molecule has 0 aliphatic rings. The number of aromatic nitrogens is 4. The molecule has 0 saturated carbocycles. The fourth-order valence-electron chi connectivity index (χ4n) is 1.95. The van der Waals surface area contributed by atoms with Crippen molar-refractivity contribution in [3.05, 3.63) is 32.6 Å². The molecule has 0 atom stereocenters. The monoisotopic (exact) mass is 278 g/mol. The third-order valence-corrected chi connectivity index (χ3v) is 2.96. The number of aryl methyl sites for hydroxylation is 1. The number of nitrogens with zero attached hydrogens (tertiary/aromatic N) is 4. The lowest BCUT2D eigenvalue weighted by Gasteiger charge is -2.09. The van der Waals surface area contributed by atoms with E-state index < -0.39 is 17.2 Å². The molecule has 0 unspecified atom stereocenters. The predicted molar refractivity (Wildman–Crippen MR) is 70.4 cm³/mol. The summed E-state index contributed by atoms with van der Waals surface area (Å²) in [6.07, 6.45) is 1.25. The van der Waals surface area contributed by atoms with Gasteiger partial charge in [-0.2, -0.15) is 5.10 Å². The first-order valence-corrected chi connectivity index (χ1v) is 6.03. The van der Waals surface area contributed by atoms with Gasteiger partial charge in [-0.1, -0.05) is 0 Å². The van der Waals surface area contributed by atoms with Crippen molar-refractivity contribution >= 4 is 17.0 Å². The van der Waals surface area contributed by atoms with Crippen LogP contribution in [0.3, 0.4) is 0 Å². The molecule has 2 aromatic heterocycles. The van der Waals surface area contributed by atoms with E-state index >= 15 is 0 Å². The highest BCUT2D eigenvalue weighted by atomic mass is 16.5. The Balaban J connectivity index is 2.72. The van der Waals surface area contributed by atoms with E-state index in [9.17, 15) is 14.4 Å². The average molecular weight is 278 g/mol. The van der Waals surface area contributed by atoms with Gasteiger partial charge in [0.25, 0.3) is 5.56 Å². The lowest BCUT2D eigenvalue weighted by atomic mass is 10.1. The molecule has 8 heteroatoms. The van der Waals surface area contributed by atoms with Gasteiger partial charge in [0.15, 0.2) is 5.65 Å². The summed E-state index contributed by atoms with van der Waals surface area (Å²) in [6.45, 7) is 1.95. The summed E-state index contributed by atoms with van der Waals surface area (Å²) in [4.78, 5) is 35.6. The molecule has 0 radical (unpaired) electrons. The molecule has 0 amide bonds. The largest absolute Gasteiger partial charge is 0.466 e. The lowest BCUT2D eigenvalue weighted by Crippen LogP contribution is -2.38. The van der Waals surface area contributed by atoms with E-state index in [2.05, 4.69) is 10.2 Å². The van der Waals surface area contributed by atoms with Gasteiger partial charge >= 0.3 is 11.7 Å². The van der Waals surface area contributed by atoms with E-state index in [4.69, 9.17) is 4.74 Å². The van der Waals surface area contributed by atoms with Crippen LogP contribution >= 0.6 is 0 Å². The minimum atomic E-state index is -0.503. The van der Waals surface area contributed by atoms with Crippen molar-refractivity contribution in [3.8, 4) is 0 Å². The SMILES string of the molecule is CCOC(=O)Cc1cnnc2c1c(=O)n(C)c(=O)n2C. The van der Waals surface area contributed by atoms with Gasteiger partial charge in [-0.15, -0.1) is 5.10 Å². The highest BCUT2D eigenvalue weighted by Gasteiger charge is 2.16. The van der Waals surface area contributed by atoms with Crippen molar-refractivity contribution in [2.24, 2.45) is 14.1 Å². The van der Waals surface area contributed by atoms with E-state index in [0.717, 1.165) is 4.57 Å². The minimum Gasteiger partial charge on any atom is -0.466 e. The number of ether oxygens (including phenoxy) is 1. The standard InChI is InChI=1S/C12H14N4O4/c1-4-20-8(17)5-7-6-13-14-10-9(7)11(18)16(3)12(19)15(10)2/h6H,4-5H2,1-3H3. The Morgan fingerprint density at radius 1 is 1.30 bits per heavy atom. The average Bonchev–Trinajstić information content (AvgIpc) is 2.43. The summed E-state index contributed by atoms with van der Waals surface area (Å²) in [5.41, 5.74) is -0.452. The molecular weight excluding hydrogens is 264 g/mol. The van der Waals surface area contributed by atoms with Gasteiger partial charge in [-0.05, 0) is 12.5 Å². The number of hydrogen-bond acceptors (Lipinski definition) is 6. The zero-order valence-electron chi connectivity index (χ0n) is 11.4. The zero-order valence-corrected chi connectivity index (χ0v) is 11.4. The van der Waals surface area contributed by atoms with Crippen LogP contribution in [0.1, 0.15) is 12.5 Å². The van der Waals surface area contributed by atoms with Crippen LogP contribution in [0, 0.1) is 0 Å². The van der Waals surface area contributed by atoms with E-state index in [0.29, 0.717) is 5.56 Å². The van der Waals surface area contributed by atoms with Crippen LogP contribution in [0.15, 0.2) is 15.8 Å². The van der Waals surface area contributed by atoms with Gasteiger partial charge in [-0.3, -0.25) is 18.7 Å². The van der Waals surface area contributed by atoms with Crippen molar-refractivity contribution in [1.82, 2.24) is 19.3 Å². The third kappa shape index (κ3) is 2.20. The predicted octanol–water partition coefficient (Wildman–Crippen LogP) is -0.867. The van der Waals surface area contributed by atoms with Gasteiger partial charge in [0.1, 0.15) is 0 Å². The maximum absolute atomic E-state index is 12.2. The van der Waals surface area contributed by atoms with E-state index in [1.807, 2.05) is 0 Å². The minimum absolute atomic E-state index is 0.0900. The summed E-state index contributed by atoms with van der Waals surface area (Å²) in [6, 6.07) is 0. The third-order valence-electron chi connectivity index (χ3n) is 2.96. The topological polar surface area (TPSA) is 96.1 Å². The maximum Gasteiger partial charge on any atom is 0.332 e. The van der Waals surface area contributed by atoms with Gasteiger partial charge in [0.05, 0.1) is 24.6 Å². The zero-order chi connectivity index (χ0) is 14.9. The molecule has 0 aliphatic carbocycles. The van der Waals surface area contributed by atoms with Crippen molar-refractivity contribution in [2.75, 3.05) is 6.61 Å². The van der Waals surface area contributed by atoms with Crippen LogP contribution in [-0.4, -0.2) is 31.9 Å². The van der Waals surface area contributed by atoms with Gasteiger partial charge in [-0.25, -0.2) is 4.79 Å². The van der Waals surface area contributed by atoms with Crippen LogP contribution in [0.5, 0.6) is 0 Å². The molecule has 0 fully saturated rings. The number of rotatable bonds is 3. The van der Waals surface area contributed by atoms with E-state index in [-0.39, 0.29) is 24.1 Å². The number of carbonyl (C=O) groups is 1. The smallest absolute Gasteiger partial charge is 0.332 e. The van der Waals surface area contributed by atoms with Gasteiger partial charge in [0, 0.05) is 14.1 Å². The number of esters is 1. The van der Waals surface area contributed by atoms with Crippen molar-refractivity contribution in [3.63, 3.8) is 0 Å². The Bertz CT molecular complexity index is 790. The van der Waals surface area contributed by atoms with Crippen molar-refractivity contribution in [1.29, 1.82) is 0 Å². The molecule has 0 spiro atoms. The Kier molecular flexibility index (Phi) is 3.64. The molecule has 2 rings (SSSR count). The van der Waals surface area contributed by atoms with Crippen molar-refractivity contribution < 1.29 is 9.53 Å². The highest BCUT2D eigenvalue weighted by Crippen LogP contribution is 2.10. The summed E-state index contributed by atoms with van der Waals surface area (Å²) in [5.74, 6) is -0.460. The summed E-state index contributed by atoms with van der Waals surface area (Å²) in [5, 5.41) is 7.74.